The van der Waals surface area contributed by atoms with Crippen LogP contribution in [0.3, 0.4) is 0 Å². The molecule has 1 aliphatic carbocycles. The highest BCUT2D eigenvalue weighted by atomic mass is 79.9. The Bertz CT molecular complexity index is 517. The maximum Gasteiger partial charge on any atom is 0.191 e. The van der Waals surface area contributed by atoms with Crippen LogP contribution in [0.2, 0.25) is 0 Å². The molecule has 1 aliphatic heterocycles. The van der Waals surface area contributed by atoms with Crippen LogP contribution in [0.4, 0.5) is 0 Å². The van der Waals surface area contributed by atoms with Crippen LogP contribution in [0.1, 0.15) is 31.2 Å². The van der Waals surface area contributed by atoms with E-state index in [0.29, 0.717) is 5.96 Å². The van der Waals surface area contributed by atoms with Crippen LogP contribution in [-0.2, 0) is 10.2 Å². The SMILES string of the molecule is NC(=NCC1(c2ccc(Br)cc2)CCCC1)N1CCOCC1. The number of aliphatic imine (C=N–C) groups is 1. The van der Waals surface area contributed by atoms with Crippen LogP contribution in [0.5, 0.6) is 0 Å². The third-order valence-corrected chi connectivity index (χ3v) is 5.42. The molecule has 22 heavy (non-hydrogen) atoms. The minimum absolute atomic E-state index is 0.164. The molecule has 3 rings (SSSR count). The zero-order valence-electron chi connectivity index (χ0n) is 12.9. The number of hydrogen-bond acceptors (Lipinski definition) is 2. The molecule has 2 N–H and O–H groups in total. The second-order valence-electron chi connectivity index (χ2n) is 6.27. The van der Waals surface area contributed by atoms with Gasteiger partial charge in [0.2, 0.25) is 0 Å². The molecule has 0 unspecified atom stereocenters. The topological polar surface area (TPSA) is 50.8 Å². The number of benzene rings is 1. The van der Waals surface area contributed by atoms with Crippen molar-refractivity contribution < 1.29 is 4.74 Å². The summed E-state index contributed by atoms with van der Waals surface area (Å²) in [7, 11) is 0. The maximum absolute atomic E-state index is 6.20. The predicted molar refractivity (Wildman–Crippen MR) is 93.2 cm³/mol. The molecule has 2 fully saturated rings. The second kappa shape index (κ2) is 7.01. The van der Waals surface area contributed by atoms with Crippen molar-refractivity contribution in [2.75, 3.05) is 32.8 Å². The first-order chi connectivity index (χ1) is 10.7. The summed E-state index contributed by atoms with van der Waals surface area (Å²) >= 11 is 3.52. The summed E-state index contributed by atoms with van der Waals surface area (Å²) in [6.07, 6.45) is 4.97. The monoisotopic (exact) mass is 365 g/mol. The summed E-state index contributed by atoms with van der Waals surface area (Å²) in [5, 5.41) is 0. The minimum Gasteiger partial charge on any atom is -0.378 e. The number of halogens is 1. The molecule has 0 spiro atoms. The highest BCUT2D eigenvalue weighted by Crippen LogP contribution is 2.41. The second-order valence-corrected chi connectivity index (χ2v) is 7.18. The van der Waals surface area contributed by atoms with Crippen molar-refractivity contribution in [3.8, 4) is 0 Å². The molecule has 0 aromatic heterocycles. The van der Waals surface area contributed by atoms with E-state index in [0.717, 1.165) is 37.3 Å². The summed E-state index contributed by atoms with van der Waals surface area (Å²) in [5.74, 6) is 0.673. The number of ether oxygens (including phenoxy) is 1. The van der Waals surface area contributed by atoms with Gasteiger partial charge in [0.25, 0.3) is 0 Å². The summed E-state index contributed by atoms with van der Waals surface area (Å²) in [6, 6.07) is 8.72. The van der Waals surface area contributed by atoms with Crippen molar-refractivity contribution in [1.82, 2.24) is 4.90 Å². The summed E-state index contributed by atoms with van der Waals surface area (Å²) in [5.41, 5.74) is 7.76. The number of guanidine groups is 1. The Balaban J connectivity index is 1.75. The number of hydrogen-bond donors (Lipinski definition) is 1. The van der Waals surface area contributed by atoms with Gasteiger partial charge in [0.1, 0.15) is 0 Å². The van der Waals surface area contributed by atoms with E-state index in [1.165, 1.54) is 31.2 Å². The van der Waals surface area contributed by atoms with Gasteiger partial charge < -0.3 is 15.4 Å². The van der Waals surface area contributed by atoms with E-state index in [1.807, 2.05) is 0 Å². The summed E-state index contributed by atoms with van der Waals surface area (Å²) in [4.78, 5) is 6.89. The van der Waals surface area contributed by atoms with Crippen molar-refractivity contribution in [3.05, 3.63) is 34.3 Å². The molecule has 0 radical (unpaired) electrons. The van der Waals surface area contributed by atoms with Gasteiger partial charge in [-0.05, 0) is 30.5 Å². The van der Waals surface area contributed by atoms with Gasteiger partial charge in [0, 0.05) is 23.0 Å². The zero-order chi connectivity index (χ0) is 15.4. The fraction of sp³-hybridized carbons (Fsp3) is 0.588. The fourth-order valence-electron chi connectivity index (χ4n) is 3.52. The van der Waals surface area contributed by atoms with Crippen LogP contribution < -0.4 is 5.73 Å². The van der Waals surface area contributed by atoms with Crippen LogP contribution in [0.15, 0.2) is 33.7 Å². The Labute approximate surface area is 140 Å². The van der Waals surface area contributed by atoms with Crippen LogP contribution in [0.25, 0.3) is 0 Å². The lowest BCUT2D eigenvalue weighted by atomic mass is 9.79. The molecule has 2 aliphatic rings. The molecule has 0 atom stereocenters. The van der Waals surface area contributed by atoms with Crippen molar-refractivity contribution in [2.45, 2.75) is 31.1 Å². The highest BCUT2D eigenvalue weighted by molar-refractivity contribution is 9.10. The number of morpholine rings is 1. The minimum atomic E-state index is 0.164. The maximum atomic E-state index is 6.20. The van der Waals surface area contributed by atoms with Crippen LogP contribution in [0, 0.1) is 0 Å². The molecule has 5 heteroatoms. The van der Waals surface area contributed by atoms with E-state index >= 15 is 0 Å². The molecule has 1 aromatic carbocycles. The molecule has 120 valence electrons. The normalized spacial score (nSPS) is 22.0. The largest absolute Gasteiger partial charge is 0.378 e. The van der Waals surface area contributed by atoms with E-state index in [1.54, 1.807) is 0 Å². The average Bonchev–Trinajstić information content (AvgIpc) is 3.04. The highest BCUT2D eigenvalue weighted by Gasteiger charge is 2.35. The zero-order valence-corrected chi connectivity index (χ0v) is 14.5. The lowest BCUT2D eigenvalue weighted by Crippen LogP contribution is -2.45. The van der Waals surface area contributed by atoms with Crippen LogP contribution >= 0.6 is 15.9 Å². The standard InChI is InChI=1S/C17H24BrN3O/c18-15-5-3-14(4-6-15)17(7-1-2-8-17)13-20-16(19)21-9-11-22-12-10-21/h3-6H,1-2,7-13H2,(H2,19,20). The first kappa shape index (κ1) is 15.8. The number of nitrogens with two attached hydrogens (primary N) is 1. The van der Waals surface area contributed by atoms with Gasteiger partial charge in [-0.15, -0.1) is 0 Å². The molecule has 0 bridgehead atoms. The van der Waals surface area contributed by atoms with Crippen molar-refractivity contribution in [3.63, 3.8) is 0 Å². The Hall–Kier alpha value is -1.07. The molecule has 1 saturated carbocycles. The van der Waals surface area contributed by atoms with E-state index in [9.17, 15) is 0 Å². The van der Waals surface area contributed by atoms with E-state index in [4.69, 9.17) is 15.5 Å². The third-order valence-electron chi connectivity index (χ3n) is 4.90. The van der Waals surface area contributed by atoms with Gasteiger partial charge in [0.15, 0.2) is 5.96 Å². The van der Waals surface area contributed by atoms with Gasteiger partial charge >= 0.3 is 0 Å². The first-order valence-electron chi connectivity index (χ1n) is 8.08. The molecule has 0 amide bonds. The predicted octanol–water partition coefficient (Wildman–Crippen LogP) is 2.91. The fourth-order valence-corrected chi connectivity index (χ4v) is 3.78. The summed E-state index contributed by atoms with van der Waals surface area (Å²) in [6.45, 7) is 3.97. The van der Waals surface area contributed by atoms with Gasteiger partial charge in [-0.1, -0.05) is 40.9 Å². The van der Waals surface area contributed by atoms with Gasteiger partial charge in [0.05, 0.1) is 19.8 Å². The van der Waals surface area contributed by atoms with Crippen LogP contribution in [-0.4, -0.2) is 43.7 Å². The quantitative estimate of drug-likeness (QED) is 0.661. The number of nitrogens with zero attached hydrogens (tertiary/aromatic N) is 2. The Morgan fingerprint density at radius 2 is 1.82 bits per heavy atom. The molecule has 4 nitrogen and oxygen atoms in total. The lowest BCUT2D eigenvalue weighted by molar-refractivity contribution is 0.0673. The molecule has 1 heterocycles. The first-order valence-corrected chi connectivity index (χ1v) is 8.88. The Morgan fingerprint density at radius 3 is 2.45 bits per heavy atom. The van der Waals surface area contributed by atoms with E-state index in [-0.39, 0.29) is 5.41 Å². The molecule has 1 saturated heterocycles. The van der Waals surface area contributed by atoms with Crippen molar-refractivity contribution >= 4 is 21.9 Å². The van der Waals surface area contributed by atoms with E-state index in [2.05, 4.69) is 45.1 Å². The molecular weight excluding hydrogens is 342 g/mol. The van der Waals surface area contributed by atoms with Gasteiger partial charge in [-0.3, -0.25) is 4.99 Å². The van der Waals surface area contributed by atoms with Gasteiger partial charge in [-0.2, -0.15) is 0 Å². The smallest absolute Gasteiger partial charge is 0.191 e. The third kappa shape index (κ3) is 3.46. The summed E-state index contributed by atoms with van der Waals surface area (Å²) < 4.78 is 6.50. The van der Waals surface area contributed by atoms with Gasteiger partial charge in [-0.25, -0.2) is 0 Å². The van der Waals surface area contributed by atoms with E-state index < -0.39 is 0 Å². The Kier molecular flexibility index (Phi) is 5.03. The Morgan fingerprint density at radius 1 is 1.18 bits per heavy atom. The van der Waals surface area contributed by atoms with Crippen molar-refractivity contribution in [2.24, 2.45) is 10.7 Å². The lowest BCUT2D eigenvalue weighted by Gasteiger charge is -2.31. The molecule has 1 aromatic rings. The average molecular weight is 366 g/mol. The van der Waals surface area contributed by atoms with Crippen molar-refractivity contribution in [1.29, 1.82) is 0 Å². The molecular formula is C17H24BrN3O. The number of rotatable bonds is 3.